The molecule has 1 unspecified atom stereocenters. The van der Waals surface area contributed by atoms with Gasteiger partial charge in [0, 0.05) is 51.8 Å². The van der Waals surface area contributed by atoms with E-state index >= 15 is 0 Å². The van der Waals surface area contributed by atoms with E-state index in [4.69, 9.17) is 9.47 Å². The Morgan fingerprint density at radius 3 is 2.93 bits per heavy atom. The molecule has 154 valence electrons. The number of aliphatic hydroxyl groups is 1. The smallest absolute Gasteiger partial charge is 0.123 e. The lowest BCUT2D eigenvalue weighted by atomic mass is 10.2. The van der Waals surface area contributed by atoms with Crippen molar-refractivity contribution in [2.45, 2.75) is 25.6 Å². The van der Waals surface area contributed by atoms with Gasteiger partial charge in [-0.15, -0.1) is 6.58 Å². The van der Waals surface area contributed by atoms with Crippen LogP contribution in [0.3, 0.4) is 0 Å². The van der Waals surface area contributed by atoms with Gasteiger partial charge in [0.2, 0.25) is 0 Å². The second kappa shape index (κ2) is 12.5. The summed E-state index contributed by atoms with van der Waals surface area (Å²) in [5, 5.41) is 10.3. The Labute approximate surface area is 167 Å². The summed E-state index contributed by atoms with van der Waals surface area (Å²) in [6, 6.07) is 10.7. The summed E-state index contributed by atoms with van der Waals surface area (Å²) in [7, 11) is 1.69. The first-order valence-electron chi connectivity index (χ1n) is 9.58. The van der Waals surface area contributed by atoms with E-state index in [1.807, 2.05) is 18.3 Å². The average molecular weight is 390 g/mol. The van der Waals surface area contributed by atoms with Gasteiger partial charge >= 0.3 is 0 Å². The lowest BCUT2D eigenvalue weighted by molar-refractivity contribution is 0.0225. The monoisotopic (exact) mass is 390 g/mol. The van der Waals surface area contributed by atoms with Crippen LogP contribution in [0.4, 0.5) is 4.39 Å². The predicted octanol–water partition coefficient (Wildman–Crippen LogP) is 3.08. The van der Waals surface area contributed by atoms with E-state index in [1.54, 1.807) is 25.3 Å². The molecule has 2 aromatic rings. The zero-order chi connectivity index (χ0) is 20.2. The van der Waals surface area contributed by atoms with Crippen molar-refractivity contribution in [3.63, 3.8) is 0 Å². The number of hydrogen-bond acceptors (Lipinski definition) is 4. The topological polar surface area (TPSA) is 46.9 Å². The Morgan fingerprint density at radius 1 is 1.32 bits per heavy atom. The predicted molar refractivity (Wildman–Crippen MR) is 109 cm³/mol. The van der Waals surface area contributed by atoms with Crippen LogP contribution >= 0.6 is 0 Å². The van der Waals surface area contributed by atoms with Crippen molar-refractivity contribution in [3.8, 4) is 0 Å². The second-order valence-electron chi connectivity index (χ2n) is 6.82. The van der Waals surface area contributed by atoms with Crippen molar-refractivity contribution < 1.29 is 19.0 Å². The van der Waals surface area contributed by atoms with Gasteiger partial charge < -0.3 is 19.1 Å². The highest BCUT2D eigenvalue weighted by molar-refractivity contribution is 5.18. The minimum atomic E-state index is -0.575. The summed E-state index contributed by atoms with van der Waals surface area (Å²) in [5.41, 5.74) is 2.03. The molecule has 0 saturated carbocycles. The van der Waals surface area contributed by atoms with Crippen molar-refractivity contribution in [1.82, 2.24) is 9.47 Å². The van der Waals surface area contributed by atoms with E-state index in [2.05, 4.69) is 22.1 Å². The van der Waals surface area contributed by atoms with Gasteiger partial charge in [-0.1, -0.05) is 18.2 Å². The van der Waals surface area contributed by atoms with Crippen molar-refractivity contribution in [3.05, 3.63) is 72.3 Å². The van der Waals surface area contributed by atoms with Gasteiger partial charge in [-0.3, -0.25) is 4.90 Å². The minimum Gasteiger partial charge on any atom is -0.389 e. The van der Waals surface area contributed by atoms with Crippen LogP contribution in [0.5, 0.6) is 0 Å². The number of benzene rings is 1. The molecule has 28 heavy (non-hydrogen) atoms. The molecule has 6 heteroatoms. The highest BCUT2D eigenvalue weighted by Crippen LogP contribution is 2.12. The Balaban J connectivity index is 2.00. The van der Waals surface area contributed by atoms with Gasteiger partial charge in [0.15, 0.2) is 0 Å². The van der Waals surface area contributed by atoms with Crippen LogP contribution in [0.25, 0.3) is 0 Å². The van der Waals surface area contributed by atoms with Crippen LogP contribution in [0.1, 0.15) is 17.7 Å². The Hall–Kier alpha value is -1.99. The average Bonchev–Trinajstić information content (AvgIpc) is 3.08. The maximum Gasteiger partial charge on any atom is 0.123 e. The minimum absolute atomic E-state index is 0.227. The van der Waals surface area contributed by atoms with Gasteiger partial charge in [0.25, 0.3) is 0 Å². The van der Waals surface area contributed by atoms with Crippen LogP contribution in [-0.4, -0.2) is 60.7 Å². The largest absolute Gasteiger partial charge is 0.389 e. The fourth-order valence-corrected chi connectivity index (χ4v) is 3.11. The molecule has 0 aliphatic carbocycles. The van der Waals surface area contributed by atoms with Gasteiger partial charge in [-0.05, 0) is 36.2 Å². The van der Waals surface area contributed by atoms with Crippen LogP contribution < -0.4 is 0 Å². The third kappa shape index (κ3) is 7.94. The number of rotatable bonds is 14. The summed E-state index contributed by atoms with van der Waals surface area (Å²) in [4.78, 5) is 2.19. The molecule has 0 fully saturated rings. The Kier molecular flexibility index (Phi) is 9.93. The van der Waals surface area contributed by atoms with E-state index < -0.39 is 6.10 Å². The lowest BCUT2D eigenvalue weighted by Gasteiger charge is -2.25. The van der Waals surface area contributed by atoms with Gasteiger partial charge in [0.1, 0.15) is 5.82 Å². The van der Waals surface area contributed by atoms with Crippen molar-refractivity contribution in [1.29, 1.82) is 0 Å². The molecule has 1 aromatic carbocycles. The number of ether oxygens (including phenoxy) is 2. The van der Waals surface area contributed by atoms with E-state index in [0.29, 0.717) is 32.8 Å². The molecule has 0 bridgehead atoms. The number of methoxy groups -OCH3 is 1. The summed E-state index contributed by atoms with van der Waals surface area (Å²) in [6.45, 7) is 7.59. The van der Waals surface area contributed by atoms with Gasteiger partial charge in [-0.2, -0.15) is 0 Å². The molecule has 0 radical (unpaired) electrons. The second-order valence-corrected chi connectivity index (χ2v) is 6.82. The summed E-state index contributed by atoms with van der Waals surface area (Å²) in [6.07, 6.45) is 3.97. The van der Waals surface area contributed by atoms with Crippen LogP contribution in [0.15, 0.2) is 55.3 Å². The molecule has 1 atom stereocenters. The zero-order valence-electron chi connectivity index (χ0n) is 16.6. The number of aromatic nitrogens is 1. The molecule has 1 aromatic heterocycles. The first-order valence-corrected chi connectivity index (χ1v) is 9.58. The third-order valence-electron chi connectivity index (χ3n) is 4.39. The molecule has 0 amide bonds. The molecule has 0 aliphatic heterocycles. The standard InChI is InChI=1S/C22H31FN2O3/c1-3-12-28-18-22(26)17-24(10-6-13-27-2)16-21-9-5-11-25(21)15-19-7-4-8-20(23)14-19/h3-5,7-9,11,14,22,26H,1,6,10,12-13,15-18H2,2H3. The van der Waals surface area contributed by atoms with Crippen LogP contribution in [0.2, 0.25) is 0 Å². The van der Waals surface area contributed by atoms with Gasteiger partial charge in [-0.25, -0.2) is 4.39 Å². The fourth-order valence-electron chi connectivity index (χ4n) is 3.11. The number of aliphatic hydroxyl groups excluding tert-OH is 1. The number of halogens is 1. The third-order valence-corrected chi connectivity index (χ3v) is 4.39. The molecular formula is C22H31FN2O3. The Morgan fingerprint density at radius 2 is 2.18 bits per heavy atom. The SMILES string of the molecule is C=CCOCC(O)CN(CCCOC)Cc1cccn1Cc1cccc(F)c1. The van der Waals surface area contributed by atoms with Crippen molar-refractivity contribution in [2.24, 2.45) is 0 Å². The van der Waals surface area contributed by atoms with Crippen molar-refractivity contribution in [2.75, 3.05) is 40.0 Å². The quantitative estimate of drug-likeness (QED) is 0.398. The molecule has 1 heterocycles. The normalized spacial score (nSPS) is 12.4. The van der Waals surface area contributed by atoms with Crippen LogP contribution in [0, 0.1) is 5.82 Å². The highest BCUT2D eigenvalue weighted by Gasteiger charge is 2.14. The molecule has 1 N–H and O–H groups in total. The molecular weight excluding hydrogens is 359 g/mol. The molecule has 0 saturated heterocycles. The first kappa shape index (κ1) is 22.3. The molecule has 0 aliphatic rings. The highest BCUT2D eigenvalue weighted by atomic mass is 19.1. The molecule has 2 rings (SSSR count). The molecule has 5 nitrogen and oxygen atoms in total. The zero-order valence-corrected chi connectivity index (χ0v) is 16.6. The number of nitrogens with zero attached hydrogens (tertiary/aromatic N) is 2. The van der Waals surface area contributed by atoms with E-state index in [9.17, 15) is 9.50 Å². The van der Waals surface area contributed by atoms with E-state index in [-0.39, 0.29) is 12.4 Å². The van der Waals surface area contributed by atoms with E-state index in [1.165, 1.54) is 6.07 Å². The van der Waals surface area contributed by atoms with Gasteiger partial charge in [0.05, 0.1) is 19.3 Å². The number of hydrogen-bond donors (Lipinski definition) is 1. The summed E-state index contributed by atoms with van der Waals surface area (Å²) < 4.78 is 26.1. The maximum absolute atomic E-state index is 13.5. The molecule has 0 spiro atoms. The Bertz CT molecular complexity index is 705. The van der Waals surface area contributed by atoms with Crippen molar-refractivity contribution >= 4 is 0 Å². The van der Waals surface area contributed by atoms with Crippen LogP contribution in [-0.2, 0) is 22.6 Å². The maximum atomic E-state index is 13.5. The van der Waals surface area contributed by atoms with E-state index in [0.717, 1.165) is 24.2 Å². The fraction of sp³-hybridized carbons (Fsp3) is 0.455. The first-order chi connectivity index (χ1) is 13.6. The lowest BCUT2D eigenvalue weighted by Crippen LogP contribution is -2.36. The summed E-state index contributed by atoms with van der Waals surface area (Å²) in [5.74, 6) is -0.227. The summed E-state index contributed by atoms with van der Waals surface area (Å²) >= 11 is 0.